The molecule has 0 atom stereocenters. The molecule has 0 aliphatic rings. The van der Waals surface area contributed by atoms with E-state index in [1.54, 1.807) is 11.3 Å². The number of carbonyl (C=O) groups is 1. The monoisotopic (exact) mass is 227 g/mol. The number of hydrogen-bond donors (Lipinski definition) is 2. The van der Waals surface area contributed by atoms with Crippen molar-refractivity contribution in [3.05, 3.63) is 15.6 Å². The Morgan fingerprint density at radius 2 is 2.20 bits per heavy atom. The van der Waals surface area contributed by atoms with Crippen molar-refractivity contribution in [1.82, 2.24) is 15.6 Å². The van der Waals surface area contributed by atoms with Gasteiger partial charge in [-0.1, -0.05) is 0 Å². The molecular formula is C10H17N3OS. The van der Waals surface area contributed by atoms with Crippen LogP contribution in [0.25, 0.3) is 0 Å². The molecular weight excluding hydrogens is 210 g/mol. The Bertz CT molecular complexity index is 335. The molecule has 15 heavy (non-hydrogen) atoms. The molecule has 1 aromatic rings. The number of nitrogens with one attached hydrogen (secondary N) is 2. The Morgan fingerprint density at radius 3 is 2.73 bits per heavy atom. The topological polar surface area (TPSA) is 54.0 Å². The lowest BCUT2D eigenvalue weighted by atomic mass is 10.3. The molecule has 0 spiro atoms. The van der Waals surface area contributed by atoms with Crippen LogP contribution in [0, 0.1) is 13.8 Å². The molecule has 84 valence electrons. The summed E-state index contributed by atoms with van der Waals surface area (Å²) in [7, 11) is 1.84. The fourth-order valence-corrected chi connectivity index (χ4v) is 2.12. The molecule has 1 heterocycles. The molecule has 0 saturated heterocycles. The van der Waals surface area contributed by atoms with E-state index in [9.17, 15) is 4.79 Å². The lowest BCUT2D eigenvalue weighted by Gasteiger charge is -2.03. The van der Waals surface area contributed by atoms with E-state index in [-0.39, 0.29) is 5.91 Å². The first-order valence-corrected chi connectivity index (χ1v) is 5.79. The van der Waals surface area contributed by atoms with E-state index in [0.29, 0.717) is 19.5 Å². The third kappa shape index (κ3) is 3.97. The third-order valence-corrected chi connectivity index (χ3v) is 3.12. The average Bonchev–Trinajstić information content (AvgIpc) is 2.51. The fourth-order valence-electron chi connectivity index (χ4n) is 1.24. The van der Waals surface area contributed by atoms with Crippen molar-refractivity contribution in [3.63, 3.8) is 0 Å². The SMILES string of the molecule is CNCCC(=O)NCc1sc(C)nc1C. The Kier molecular flexibility index (Phi) is 4.71. The second kappa shape index (κ2) is 5.82. The summed E-state index contributed by atoms with van der Waals surface area (Å²) in [5, 5.41) is 6.87. The standard InChI is InChI=1S/C10H17N3OS/c1-7-9(15-8(2)13-7)6-12-10(14)4-5-11-3/h11H,4-6H2,1-3H3,(H,12,14). The van der Waals surface area contributed by atoms with Crippen LogP contribution in [0.5, 0.6) is 0 Å². The number of nitrogens with zero attached hydrogens (tertiary/aromatic N) is 1. The number of thiazole rings is 1. The molecule has 0 unspecified atom stereocenters. The van der Waals surface area contributed by atoms with E-state index < -0.39 is 0 Å². The van der Waals surface area contributed by atoms with E-state index >= 15 is 0 Å². The zero-order chi connectivity index (χ0) is 11.3. The fraction of sp³-hybridized carbons (Fsp3) is 0.600. The van der Waals surface area contributed by atoms with E-state index in [4.69, 9.17) is 0 Å². The van der Waals surface area contributed by atoms with Crippen LogP contribution in [-0.4, -0.2) is 24.5 Å². The first kappa shape index (κ1) is 12.1. The molecule has 0 aliphatic heterocycles. The summed E-state index contributed by atoms with van der Waals surface area (Å²) in [4.78, 5) is 16.8. The molecule has 0 saturated carbocycles. The number of aromatic nitrogens is 1. The van der Waals surface area contributed by atoms with Crippen LogP contribution in [0.3, 0.4) is 0 Å². The summed E-state index contributed by atoms with van der Waals surface area (Å²) < 4.78 is 0. The minimum atomic E-state index is 0.0785. The van der Waals surface area contributed by atoms with Crippen molar-refractivity contribution in [1.29, 1.82) is 0 Å². The molecule has 4 nitrogen and oxygen atoms in total. The zero-order valence-corrected chi connectivity index (χ0v) is 10.2. The molecule has 2 N–H and O–H groups in total. The predicted octanol–water partition coefficient (Wildman–Crippen LogP) is 0.986. The molecule has 0 bridgehead atoms. The van der Waals surface area contributed by atoms with Crippen LogP contribution in [0.4, 0.5) is 0 Å². The average molecular weight is 227 g/mol. The van der Waals surface area contributed by atoms with Crippen LogP contribution in [0.15, 0.2) is 0 Å². The van der Waals surface area contributed by atoms with E-state index in [1.807, 2.05) is 20.9 Å². The summed E-state index contributed by atoms with van der Waals surface area (Å²) in [6.07, 6.45) is 0.521. The van der Waals surface area contributed by atoms with Crippen LogP contribution >= 0.6 is 11.3 Å². The maximum absolute atomic E-state index is 11.3. The van der Waals surface area contributed by atoms with Gasteiger partial charge in [0.05, 0.1) is 17.2 Å². The second-order valence-electron chi connectivity index (χ2n) is 3.37. The molecule has 0 aromatic carbocycles. The number of aryl methyl sites for hydroxylation is 2. The predicted molar refractivity (Wildman–Crippen MR) is 62.0 cm³/mol. The van der Waals surface area contributed by atoms with Gasteiger partial charge in [0.1, 0.15) is 0 Å². The Morgan fingerprint density at radius 1 is 1.47 bits per heavy atom. The smallest absolute Gasteiger partial charge is 0.221 e. The number of hydrogen-bond acceptors (Lipinski definition) is 4. The largest absolute Gasteiger partial charge is 0.351 e. The van der Waals surface area contributed by atoms with Crippen molar-refractivity contribution in [2.75, 3.05) is 13.6 Å². The molecule has 5 heteroatoms. The van der Waals surface area contributed by atoms with Crippen molar-refractivity contribution < 1.29 is 4.79 Å². The third-order valence-electron chi connectivity index (χ3n) is 2.05. The van der Waals surface area contributed by atoms with Crippen molar-refractivity contribution in [3.8, 4) is 0 Å². The Labute approximate surface area is 94.1 Å². The quantitative estimate of drug-likeness (QED) is 0.788. The number of amides is 1. The highest BCUT2D eigenvalue weighted by molar-refractivity contribution is 7.11. The van der Waals surface area contributed by atoms with Gasteiger partial charge in [0.25, 0.3) is 0 Å². The molecule has 0 aliphatic carbocycles. The lowest BCUT2D eigenvalue weighted by molar-refractivity contribution is -0.121. The molecule has 0 radical (unpaired) electrons. The molecule has 0 fully saturated rings. The van der Waals surface area contributed by atoms with E-state index in [0.717, 1.165) is 15.6 Å². The first-order chi connectivity index (χ1) is 7.13. The Balaban J connectivity index is 2.36. The van der Waals surface area contributed by atoms with Gasteiger partial charge in [0.15, 0.2) is 0 Å². The number of carbonyl (C=O) groups excluding carboxylic acids is 1. The molecule has 1 amide bonds. The van der Waals surface area contributed by atoms with Crippen LogP contribution < -0.4 is 10.6 Å². The minimum Gasteiger partial charge on any atom is -0.351 e. The number of rotatable bonds is 5. The van der Waals surface area contributed by atoms with Crippen LogP contribution in [0.2, 0.25) is 0 Å². The van der Waals surface area contributed by atoms with Crippen molar-refractivity contribution >= 4 is 17.2 Å². The van der Waals surface area contributed by atoms with Gasteiger partial charge in [-0.05, 0) is 20.9 Å². The van der Waals surface area contributed by atoms with Gasteiger partial charge in [-0.15, -0.1) is 11.3 Å². The highest BCUT2D eigenvalue weighted by atomic mass is 32.1. The molecule has 1 rings (SSSR count). The summed E-state index contributed by atoms with van der Waals surface area (Å²) in [5.74, 6) is 0.0785. The van der Waals surface area contributed by atoms with Gasteiger partial charge in [-0.2, -0.15) is 0 Å². The van der Waals surface area contributed by atoms with Gasteiger partial charge in [0, 0.05) is 17.8 Å². The zero-order valence-electron chi connectivity index (χ0n) is 9.39. The summed E-state index contributed by atoms with van der Waals surface area (Å²) in [5.41, 5.74) is 1.02. The second-order valence-corrected chi connectivity index (χ2v) is 4.66. The van der Waals surface area contributed by atoms with Crippen molar-refractivity contribution in [2.24, 2.45) is 0 Å². The highest BCUT2D eigenvalue weighted by Crippen LogP contribution is 2.16. The maximum atomic E-state index is 11.3. The summed E-state index contributed by atoms with van der Waals surface area (Å²) in [6, 6.07) is 0. The van der Waals surface area contributed by atoms with E-state index in [2.05, 4.69) is 15.6 Å². The van der Waals surface area contributed by atoms with Gasteiger partial charge >= 0.3 is 0 Å². The van der Waals surface area contributed by atoms with Crippen molar-refractivity contribution in [2.45, 2.75) is 26.8 Å². The van der Waals surface area contributed by atoms with E-state index in [1.165, 1.54) is 0 Å². The maximum Gasteiger partial charge on any atom is 0.221 e. The molecule has 1 aromatic heterocycles. The van der Waals surface area contributed by atoms with Gasteiger partial charge in [-0.25, -0.2) is 4.98 Å². The van der Waals surface area contributed by atoms with Gasteiger partial charge < -0.3 is 10.6 Å². The first-order valence-electron chi connectivity index (χ1n) is 4.97. The highest BCUT2D eigenvalue weighted by Gasteiger charge is 2.06. The normalized spacial score (nSPS) is 10.3. The summed E-state index contributed by atoms with van der Waals surface area (Å²) >= 11 is 1.64. The van der Waals surface area contributed by atoms with Crippen LogP contribution in [-0.2, 0) is 11.3 Å². The Hall–Kier alpha value is -0.940. The summed E-state index contributed by atoms with van der Waals surface area (Å²) in [6.45, 7) is 5.26. The minimum absolute atomic E-state index is 0.0785. The van der Waals surface area contributed by atoms with Crippen LogP contribution in [0.1, 0.15) is 22.0 Å². The van der Waals surface area contributed by atoms with Gasteiger partial charge in [0.2, 0.25) is 5.91 Å². The lowest BCUT2D eigenvalue weighted by Crippen LogP contribution is -2.25. The van der Waals surface area contributed by atoms with Gasteiger partial charge in [-0.3, -0.25) is 4.79 Å².